The highest BCUT2D eigenvalue weighted by molar-refractivity contribution is 5.97. The van der Waals surface area contributed by atoms with Crippen LogP contribution >= 0.6 is 0 Å². The number of nitrogens with one attached hydrogen (secondary N) is 1. The average Bonchev–Trinajstić information content (AvgIpc) is 3.12. The van der Waals surface area contributed by atoms with Gasteiger partial charge in [-0.2, -0.15) is 0 Å². The summed E-state index contributed by atoms with van der Waals surface area (Å²) in [6.45, 7) is 0. The molecule has 1 saturated carbocycles. The number of hydrogen-bond acceptors (Lipinski definition) is 5. The summed E-state index contributed by atoms with van der Waals surface area (Å²) in [5.74, 6) is -0.886. The lowest BCUT2D eigenvalue weighted by molar-refractivity contribution is -0.390. The number of hydrogen-bond donors (Lipinski definition) is 1. The van der Waals surface area contributed by atoms with Gasteiger partial charge >= 0.3 is 5.82 Å². The molecule has 1 aromatic heterocycles. The molecule has 1 N–H and O–H groups in total. The van der Waals surface area contributed by atoms with Crippen LogP contribution in [0.25, 0.3) is 0 Å². The molecule has 7 heteroatoms. The highest BCUT2D eigenvalue weighted by Crippen LogP contribution is 2.34. The van der Waals surface area contributed by atoms with Crippen molar-refractivity contribution in [1.82, 2.24) is 10.3 Å². The van der Waals surface area contributed by atoms with Crippen molar-refractivity contribution in [2.75, 3.05) is 7.05 Å². The molecule has 0 aromatic carbocycles. The molecule has 7 nitrogen and oxygen atoms in total. The number of ether oxygens (including phenoxy) is 1. The standard InChI is InChI=1S/C10H11N3O4/c1-11-10(14)7-4-5-12-9(13(15)16)8(7)17-6-2-3-6/h4-6H,2-3H2,1H3,(H,11,14). The Morgan fingerprint density at radius 1 is 1.65 bits per heavy atom. The molecule has 0 atom stereocenters. The molecule has 2 rings (SSSR count). The van der Waals surface area contributed by atoms with Crippen molar-refractivity contribution in [1.29, 1.82) is 0 Å². The third-order valence-electron chi connectivity index (χ3n) is 2.34. The number of carbonyl (C=O) groups excluding carboxylic acids is 1. The maximum absolute atomic E-state index is 11.6. The lowest BCUT2D eigenvalue weighted by atomic mass is 10.2. The van der Waals surface area contributed by atoms with E-state index in [9.17, 15) is 14.9 Å². The molecule has 0 radical (unpaired) electrons. The molecule has 0 aliphatic heterocycles. The average molecular weight is 237 g/mol. The second kappa shape index (κ2) is 4.36. The first-order valence-electron chi connectivity index (χ1n) is 5.15. The molecular weight excluding hydrogens is 226 g/mol. The summed E-state index contributed by atoms with van der Waals surface area (Å²) in [7, 11) is 1.45. The minimum absolute atomic E-state index is 0.0405. The van der Waals surface area contributed by atoms with E-state index in [1.807, 2.05) is 0 Å². The number of amides is 1. The van der Waals surface area contributed by atoms with Gasteiger partial charge < -0.3 is 20.2 Å². The molecule has 0 saturated heterocycles. The van der Waals surface area contributed by atoms with Crippen LogP contribution in [0.4, 0.5) is 5.82 Å². The Bertz CT molecular complexity index is 471. The van der Waals surface area contributed by atoms with Gasteiger partial charge in [0.1, 0.15) is 6.20 Å². The van der Waals surface area contributed by atoms with E-state index in [-0.39, 0.29) is 17.4 Å². The fourth-order valence-corrected chi connectivity index (χ4v) is 1.35. The first kappa shape index (κ1) is 11.3. The lowest BCUT2D eigenvalue weighted by Gasteiger charge is -2.08. The molecule has 17 heavy (non-hydrogen) atoms. The van der Waals surface area contributed by atoms with E-state index >= 15 is 0 Å². The van der Waals surface area contributed by atoms with Gasteiger partial charge in [-0.05, 0) is 28.8 Å². The summed E-state index contributed by atoms with van der Waals surface area (Å²) in [6.07, 6.45) is 2.88. The van der Waals surface area contributed by atoms with E-state index in [4.69, 9.17) is 4.74 Å². The first-order valence-corrected chi connectivity index (χ1v) is 5.15. The van der Waals surface area contributed by atoms with Gasteiger partial charge in [0.05, 0.1) is 11.7 Å². The van der Waals surface area contributed by atoms with Crippen LogP contribution in [-0.4, -0.2) is 29.0 Å². The Labute approximate surface area is 96.9 Å². The number of rotatable bonds is 4. The van der Waals surface area contributed by atoms with Crippen LogP contribution in [0.15, 0.2) is 12.3 Å². The SMILES string of the molecule is CNC(=O)c1ccnc([N+](=O)[O-])c1OC1CC1. The largest absolute Gasteiger partial charge is 0.482 e. The molecule has 0 unspecified atom stereocenters. The summed E-state index contributed by atoms with van der Waals surface area (Å²) in [4.78, 5) is 25.4. The minimum Gasteiger partial charge on any atom is -0.482 e. The third kappa shape index (κ3) is 2.32. The van der Waals surface area contributed by atoms with E-state index in [0.717, 1.165) is 12.8 Å². The van der Waals surface area contributed by atoms with E-state index in [1.165, 1.54) is 19.3 Å². The fourth-order valence-electron chi connectivity index (χ4n) is 1.35. The summed E-state index contributed by atoms with van der Waals surface area (Å²) >= 11 is 0. The van der Waals surface area contributed by atoms with Crippen molar-refractivity contribution in [3.8, 4) is 5.75 Å². The van der Waals surface area contributed by atoms with Gasteiger partial charge in [0, 0.05) is 7.05 Å². The Balaban J connectivity index is 2.45. The van der Waals surface area contributed by atoms with Crippen molar-refractivity contribution in [3.05, 3.63) is 27.9 Å². The monoisotopic (exact) mass is 237 g/mol. The molecule has 90 valence electrons. The molecule has 1 fully saturated rings. The summed E-state index contributed by atoms with van der Waals surface area (Å²) in [5.41, 5.74) is 0.140. The molecule has 0 bridgehead atoms. The van der Waals surface area contributed by atoms with Gasteiger partial charge in [-0.25, -0.2) is 0 Å². The number of nitro groups is 1. The fraction of sp³-hybridized carbons (Fsp3) is 0.400. The second-order valence-electron chi connectivity index (χ2n) is 3.66. The second-order valence-corrected chi connectivity index (χ2v) is 3.66. The van der Waals surface area contributed by atoms with Crippen LogP contribution in [-0.2, 0) is 0 Å². The van der Waals surface area contributed by atoms with Crippen LogP contribution < -0.4 is 10.1 Å². The highest BCUT2D eigenvalue weighted by Gasteiger charge is 2.31. The van der Waals surface area contributed by atoms with Crippen LogP contribution in [0.2, 0.25) is 0 Å². The van der Waals surface area contributed by atoms with Crippen LogP contribution in [0, 0.1) is 10.1 Å². The zero-order chi connectivity index (χ0) is 12.4. The summed E-state index contributed by atoms with van der Waals surface area (Å²) < 4.78 is 5.41. The summed E-state index contributed by atoms with van der Waals surface area (Å²) in [6, 6.07) is 1.41. The Hall–Kier alpha value is -2.18. The number of nitrogens with zero attached hydrogens (tertiary/aromatic N) is 2. The van der Waals surface area contributed by atoms with Crippen molar-refractivity contribution >= 4 is 11.7 Å². The smallest absolute Gasteiger partial charge is 0.407 e. The van der Waals surface area contributed by atoms with Crippen molar-refractivity contribution in [3.63, 3.8) is 0 Å². The Morgan fingerprint density at radius 2 is 2.35 bits per heavy atom. The number of pyridine rings is 1. The van der Waals surface area contributed by atoms with Crippen LogP contribution in [0.5, 0.6) is 5.75 Å². The van der Waals surface area contributed by atoms with E-state index in [0.29, 0.717) is 0 Å². The highest BCUT2D eigenvalue weighted by atomic mass is 16.6. The number of aromatic nitrogens is 1. The van der Waals surface area contributed by atoms with Crippen molar-refractivity contribution in [2.24, 2.45) is 0 Å². The van der Waals surface area contributed by atoms with Gasteiger partial charge in [-0.15, -0.1) is 0 Å². The Kier molecular flexibility index (Phi) is 2.90. The Morgan fingerprint density at radius 3 is 2.88 bits per heavy atom. The van der Waals surface area contributed by atoms with E-state index < -0.39 is 16.6 Å². The molecular formula is C10H11N3O4. The quantitative estimate of drug-likeness (QED) is 0.619. The molecule has 1 aromatic rings. The van der Waals surface area contributed by atoms with Gasteiger partial charge in [0.25, 0.3) is 5.91 Å². The van der Waals surface area contributed by atoms with Crippen molar-refractivity contribution in [2.45, 2.75) is 18.9 Å². The first-order chi connectivity index (χ1) is 8.13. The number of carbonyl (C=O) groups is 1. The zero-order valence-electron chi connectivity index (χ0n) is 9.17. The maximum Gasteiger partial charge on any atom is 0.407 e. The molecule has 1 heterocycles. The normalized spacial score (nSPS) is 14.2. The van der Waals surface area contributed by atoms with Crippen LogP contribution in [0.1, 0.15) is 23.2 Å². The van der Waals surface area contributed by atoms with Crippen LogP contribution in [0.3, 0.4) is 0 Å². The van der Waals surface area contributed by atoms with Gasteiger partial charge in [-0.3, -0.25) is 4.79 Å². The predicted octanol–water partition coefficient (Wildman–Crippen LogP) is 0.891. The van der Waals surface area contributed by atoms with Crippen molar-refractivity contribution < 1.29 is 14.5 Å². The minimum atomic E-state index is -0.649. The molecule has 1 amide bonds. The predicted molar refractivity (Wildman–Crippen MR) is 57.9 cm³/mol. The lowest BCUT2D eigenvalue weighted by Crippen LogP contribution is -2.20. The summed E-state index contributed by atoms with van der Waals surface area (Å²) in [5, 5.41) is 13.2. The van der Waals surface area contributed by atoms with E-state index in [1.54, 1.807) is 0 Å². The topological polar surface area (TPSA) is 94.4 Å². The van der Waals surface area contributed by atoms with E-state index in [2.05, 4.69) is 10.3 Å². The van der Waals surface area contributed by atoms with Gasteiger partial charge in [-0.1, -0.05) is 0 Å². The third-order valence-corrected chi connectivity index (χ3v) is 2.34. The molecule has 0 spiro atoms. The molecule has 1 aliphatic carbocycles. The van der Waals surface area contributed by atoms with Gasteiger partial charge in [0.15, 0.2) is 0 Å². The maximum atomic E-state index is 11.6. The van der Waals surface area contributed by atoms with Gasteiger partial charge in [0.2, 0.25) is 5.75 Å². The zero-order valence-corrected chi connectivity index (χ0v) is 9.17. The molecule has 1 aliphatic rings.